The maximum absolute atomic E-state index is 6.22. The maximum atomic E-state index is 6.22. The summed E-state index contributed by atoms with van der Waals surface area (Å²) in [6.07, 6.45) is 0.771. The third kappa shape index (κ3) is 2.72. The van der Waals surface area contributed by atoms with E-state index >= 15 is 0 Å². The predicted molar refractivity (Wildman–Crippen MR) is 81.0 cm³/mol. The molecule has 0 aliphatic carbocycles. The molecule has 1 heterocycles. The average Bonchev–Trinajstić information content (AvgIpc) is 2.85. The van der Waals surface area contributed by atoms with Crippen molar-refractivity contribution in [1.29, 1.82) is 0 Å². The number of rotatable bonds is 3. The van der Waals surface area contributed by atoms with E-state index in [1.54, 1.807) is 0 Å². The van der Waals surface area contributed by atoms with Gasteiger partial charge in [-0.3, -0.25) is 0 Å². The van der Waals surface area contributed by atoms with Gasteiger partial charge in [-0.05, 0) is 36.2 Å². The molecule has 96 valence electrons. The molecule has 0 saturated carbocycles. The zero-order chi connectivity index (χ0) is 13.2. The molecule has 0 amide bonds. The van der Waals surface area contributed by atoms with Crippen LogP contribution in [0.3, 0.4) is 0 Å². The summed E-state index contributed by atoms with van der Waals surface area (Å²) in [6.45, 7) is 0. The number of hydrogen-bond donors (Lipinski definition) is 1. The SMILES string of the molecule is NC(Cc1ccc(Br)cc1)c1cc2ccccc2o1. The van der Waals surface area contributed by atoms with Crippen LogP contribution in [0, 0.1) is 0 Å². The summed E-state index contributed by atoms with van der Waals surface area (Å²) in [5.74, 6) is 0.837. The van der Waals surface area contributed by atoms with Gasteiger partial charge in [-0.2, -0.15) is 0 Å². The lowest BCUT2D eigenvalue weighted by atomic mass is 10.0. The van der Waals surface area contributed by atoms with Gasteiger partial charge in [0.05, 0.1) is 6.04 Å². The van der Waals surface area contributed by atoms with Gasteiger partial charge in [-0.25, -0.2) is 0 Å². The van der Waals surface area contributed by atoms with E-state index in [0.29, 0.717) is 0 Å². The second-order valence-electron chi connectivity index (χ2n) is 4.62. The average molecular weight is 316 g/mol. The molecule has 0 radical (unpaired) electrons. The van der Waals surface area contributed by atoms with Gasteiger partial charge in [0.25, 0.3) is 0 Å². The molecule has 3 rings (SSSR count). The fourth-order valence-corrected chi connectivity index (χ4v) is 2.42. The number of benzene rings is 2. The molecule has 0 aliphatic rings. The molecule has 3 aromatic rings. The van der Waals surface area contributed by atoms with Crippen LogP contribution in [0.2, 0.25) is 0 Å². The molecule has 1 atom stereocenters. The van der Waals surface area contributed by atoms with Crippen molar-refractivity contribution in [1.82, 2.24) is 0 Å². The summed E-state index contributed by atoms with van der Waals surface area (Å²) in [7, 11) is 0. The number of nitrogens with two attached hydrogens (primary N) is 1. The van der Waals surface area contributed by atoms with Crippen molar-refractivity contribution in [3.05, 3.63) is 70.4 Å². The Morgan fingerprint density at radius 1 is 1.05 bits per heavy atom. The molecule has 19 heavy (non-hydrogen) atoms. The van der Waals surface area contributed by atoms with E-state index in [1.165, 1.54) is 5.56 Å². The lowest BCUT2D eigenvalue weighted by molar-refractivity contribution is 0.494. The van der Waals surface area contributed by atoms with E-state index in [9.17, 15) is 0 Å². The Morgan fingerprint density at radius 2 is 1.79 bits per heavy atom. The number of para-hydroxylation sites is 1. The smallest absolute Gasteiger partial charge is 0.134 e. The van der Waals surface area contributed by atoms with Gasteiger partial charge < -0.3 is 10.2 Å². The third-order valence-electron chi connectivity index (χ3n) is 3.18. The largest absolute Gasteiger partial charge is 0.459 e. The minimum absolute atomic E-state index is 0.117. The minimum atomic E-state index is -0.117. The van der Waals surface area contributed by atoms with Gasteiger partial charge >= 0.3 is 0 Å². The Hall–Kier alpha value is -1.58. The van der Waals surface area contributed by atoms with Gasteiger partial charge in [-0.1, -0.05) is 46.3 Å². The van der Waals surface area contributed by atoms with Crippen LogP contribution in [0.25, 0.3) is 11.0 Å². The lowest BCUT2D eigenvalue weighted by Crippen LogP contribution is -2.12. The standard InChI is InChI=1S/C16H14BrNO/c17-13-7-5-11(6-8-13)9-14(18)16-10-12-3-1-2-4-15(12)19-16/h1-8,10,14H,9,18H2. The Bertz CT molecular complexity index is 654. The monoisotopic (exact) mass is 315 g/mol. The van der Waals surface area contributed by atoms with Crippen LogP contribution in [0.4, 0.5) is 0 Å². The normalized spacial score (nSPS) is 12.7. The minimum Gasteiger partial charge on any atom is -0.459 e. The summed E-state index contributed by atoms with van der Waals surface area (Å²) in [6, 6.07) is 18.1. The second kappa shape index (κ2) is 5.19. The highest BCUT2D eigenvalue weighted by atomic mass is 79.9. The zero-order valence-corrected chi connectivity index (χ0v) is 11.9. The summed E-state index contributed by atoms with van der Waals surface area (Å²) >= 11 is 3.43. The molecule has 0 saturated heterocycles. The van der Waals surface area contributed by atoms with Crippen molar-refractivity contribution in [2.75, 3.05) is 0 Å². The molecule has 1 unspecified atom stereocenters. The van der Waals surface area contributed by atoms with Crippen molar-refractivity contribution in [3.8, 4) is 0 Å². The van der Waals surface area contributed by atoms with E-state index < -0.39 is 0 Å². The van der Waals surface area contributed by atoms with Crippen molar-refractivity contribution in [2.45, 2.75) is 12.5 Å². The predicted octanol–water partition coefficient (Wildman–Crippen LogP) is 4.44. The highest BCUT2D eigenvalue weighted by Gasteiger charge is 2.12. The number of hydrogen-bond acceptors (Lipinski definition) is 2. The van der Waals surface area contributed by atoms with Gasteiger partial charge in [0, 0.05) is 9.86 Å². The number of halogens is 1. The van der Waals surface area contributed by atoms with Crippen LogP contribution < -0.4 is 5.73 Å². The summed E-state index contributed by atoms with van der Waals surface area (Å²) < 4.78 is 6.87. The number of furan rings is 1. The zero-order valence-electron chi connectivity index (χ0n) is 10.3. The Labute approximate surface area is 120 Å². The molecule has 2 N–H and O–H groups in total. The first-order chi connectivity index (χ1) is 9.22. The van der Waals surface area contributed by atoms with Gasteiger partial charge in [0.1, 0.15) is 11.3 Å². The molecule has 1 aromatic heterocycles. The first-order valence-electron chi connectivity index (χ1n) is 6.21. The van der Waals surface area contributed by atoms with E-state index in [-0.39, 0.29) is 6.04 Å². The van der Waals surface area contributed by atoms with Crippen LogP contribution in [-0.4, -0.2) is 0 Å². The van der Waals surface area contributed by atoms with E-state index in [4.69, 9.17) is 10.2 Å². The second-order valence-corrected chi connectivity index (χ2v) is 5.54. The van der Waals surface area contributed by atoms with E-state index in [0.717, 1.165) is 27.6 Å². The van der Waals surface area contributed by atoms with Crippen LogP contribution in [-0.2, 0) is 6.42 Å². The van der Waals surface area contributed by atoms with Gasteiger partial charge in [-0.15, -0.1) is 0 Å². The third-order valence-corrected chi connectivity index (χ3v) is 3.71. The van der Waals surface area contributed by atoms with Crippen molar-refractivity contribution in [2.24, 2.45) is 5.73 Å². The van der Waals surface area contributed by atoms with Crippen molar-refractivity contribution < 1.29 is 4.42 Å². The summed E-state index contributed by atoms with van der Waals surface area (Å²) in [4.78, 5) is 0. The quantitative estimate of drug-likeness (QED) is 0.776. The summed E-state index contributed by atoms with van der Waals surface area (Å²) in [5, 5.41) is 1.10. The first kappa shape index (κ1) is 12.5. The number of fused-ring (bicyclic) bond motifs is 1. The highest BCUT2D eigenvalue weighted by Crippen LogP contribution is 2.25. The molecular weight excluding hydrogens is 302 g/mol. The van der Waals surface area contributed by atoms with Gasteiger partial charge in [0.15, 0.2) is 0 Å². The molecule has 0 aliphatic heterocycles. The van der Waals surface area contributed by atoms with Gasteiger partial charge in [0.2, 0.25) is 0 Å². The van der Waals surface area contributed by atoms with E-state index in [1.807, 2.05) is 42.5 Å². The Balaban J connectivity index is 1.83. The van der Waals surface area contributed by atoms with Crippen molar-refractivity contribution >= 4 is 26.9 Å². The summed E-state index contributed by atoms with van der Waals surface area (Å²) in [5.41, 5.74) is 8.32. The fraction of sp³-hybridized carbons (Fsp3) is 0.125. The topological polar surface area (TPSA) is 39.2 Å². The maximum Gasteiger partial charge on any atom is 0.134 e. The molecule has 2 aromatic carbocycles. The molecule has 0 bridgehead atoms. The first-order valence-corrected chi connectivity index (χ1v) is 7.00. The molecule has 2 nitrogen and oxygen atoms in total. The molecule has 3 heteroatoms. The fourth-order valence-electron chi connectivity index (χ4n) is 2.16. The van der Waals surface area contributed by atoms with Crippen LogP contribution in [0.15, 0.2) is 63.5 Å². The van der Waals surface area contributed by atoms with E-state index in [2.05, 4.69) is 28.1 Å². The Kier molecular flexibility index (Phi) is 3.40. The van der Waals surface area contributed by atoms with Crippen LogP contribution in [0.5, 0.6) is 0 Å². The Morgan fingerprint density at radius 3 is 2.53 bits per heavy atom. The van der Waals surface area contributed by atoms with Crippen LogP contribution in [0.1, 0.15) is 17.4 Å². The lowest BCUT2D eigenvalue weighted by Gasteiger charge is -2.08. The van der Waals surface area contributed by atoms with Crippen molar-refractivity contribution in [3.63, 3.8) is 0 Å². The molecule has 0 spiro atoms. The van der Waals surface area contributed by atoms with Crippen LogP contribution >= 0.6 is 15.9 Å². The molecular formula is C16H14BrNO. The molecule has 0 fully saturated rings. The highest BCUT2D eigenvalue weighted by molar-refractivity contribution is 9.10.